The number of ether oxygens (including phenoxy) is 2. The maximum atomic E-state index is 13.0. The van der Waals surface area contributed by atoms with Gasteiger partial charge in [0, 0.05) is 30.5 Å². The van der Waals surface area contributed by atoms with E-state index in [1.165, 1.54) is 0 Å². The molecular weight excluding hydrogens is 460 g/mol. The molecule has 0 unspecified atom stereocenters. The summed E-state index contributed by atoms with van der Waals surface area (Å²) in [4.78, 5) is 37.3. The number of hydrogen-bond donors (Lipinski definition) is 3. The highest BCUT2D eigenvalue weighted by Crippen LogP contribution is 2.24. The van der Waals surface area contributed by atoms with Crippen molar-refractivity contribution < 1.29 is 29.0 Å². The van der Waals surface area contributed by atoms with Crippen molar-refractivity contribution in [1.82, 2.24) is 10.6 Å². The Morgan fingerprint density at radius 2 is 1.81 bits per heavy atom. The van der Waals surface area contributed by atoms with Gasteiger partial charge in [0.15, 0.2) is 0 Å². The molecule has 3 aromatic carbocycles. The fourth-order valence-corrected chi connectivity index (χ4v) is 3.98. The van der Waals surface area contributed by atoms with Gasteiger partial charge in [-0.05, 0) is 47.0 Å². The molecule has 4 rings (SSSR count). The number of carboxylic acids is 1. The predicted octanol–water partition coefficient (Wildman–Crippen LogP) is 2.84. The van der Waals surface area contributed by atoms with Gasteiger partial charge in [0.2, 0.25) is 0 Å². The topological polar surface area (TPSA) is 114 Å². The molecule has 3 aromatic rings. The van der Waals surface area contributed by atoms with Crippen LogP contribution >= 0.6 is 0 Å². The van der Waals surface area contributed by atoms with E-state index in [4.69, 9.17) is 9.47 Å². The lowest BCUT2D eigenvalue weighted by Gasteiger charge is -2.17. The number of amides is 2. The van der Waals surface area contributed by atoms with E-state index in [0.29, 0.717) is 49.7 Å². The molecule has 0 radical (unpaired) electrons. The maximum Gasteiger partial charge on any atom is 0.326 e. The van der Waals surface area contributed by atoms with Gasteiger partial charge in [-0.25, -0.2) is 4.79 Å². The summed E-state index contributed by atoms with van der Waals surface area (Å²) in [5.41, 5.74) is 3.29. The van der Waals surface area contributed by atoms with Crippen LogP contribution in [0.4, 0.5) is 0 Å². The molecule has 8 nitrogen and oxygen atoms in total. The Labute approximate surface area is 209 Å². The Hall–Kier alpha value is -4.17. The lowest BCUT2D eigenvalue weighted by molar-refractivity contribution is -0.139. The summed E-state index contributed by atoms with van der Waals surface area (Å²) < 4.78 is 11.4. The Bertz CT molecular complexity index is 1230. The minimum absolute atomic E-state index is 0.171. The normalized spacial score (nSPS) is 14.8. The standard InChI is InChI=1S/C28H28N2O6/c31-26-21-8-4-7-20(15-21)16-23-18-22(9-10-25(23)36-14-13-35-12-11-29-26)27(32)30-24(28(33)34)17-19-5-2-1-3-6-19/h1-10,15,18,24H,11-14,16-17H2,(H,29,31)(H,30,32)(H,33,34)/t24-/m0/s1. The van der Waals surface area contributed by atoms with Crippen LogP contribution in [-0.2, 0) is 22.4 Å². The first-order valence-corrected chi connectivity index (χ1v) is 11.8. The number of nitrogens with one attached hydrogen (secondary N) is 2. The van der Waals surface area contributed by atoms with Crippen LogP contribution in [0.25, 0.3) is 0 Å². The summed E-state index contributed by atoms with van der Waals surface area (Å²) in [5.74, 6) is -1.18. The van der Waals surface area contributed by atoms with Crippen LogP contribution in [-0.4, -0.2) is 55.3 Å². The molecule has 1 aliphatic heterocycles. The van der Waals surface area contributed by atoms with Crippen molar-refractivity contribution in [2.45, 2.75) is 18.9 Å². The maximum absolute atomic E-state index is 13.0. The average Bonchev–Trinajstić information content (AvgIpc) is 2.88. The molecule has 0 aromatic heterocycles. The van der Waals surface area contributed by atoms with Crippen molar-refractivity contribution in [3.05, 3.63) is 101 Å². The summed E-state index contributed by atoms with van der Waals surface area (Å²) in [6, 6.07) is 20.4. The van der Waals surface area contributed by atoms with Crippen LogP contribution in [0.15, 0.2) is 72.8 Å². The van der Waals surface area contributed by atoms with Gasteiger partial charge in [-0.2, -0.15) is 0 Å². The molecule has 0 saturated carbocycles. The van der Waals surface area contributed by atoms with Gasteiger partial charge >= 0.3 is 5.97 Å². The van der Waals surface area contributed by atoms with Gasteiger partial charge < -0.3 is 25.2 Å². The Kier molecular flexibility index (Phi) is 8.31. The number of carbonyl (C=O) groups is 3. The monoisotopic (exact) mass is 488 g/mol. The molecule has 0 aliphatic carbocycles. The summed E-state index contributed by atoms with van der Waals surface area (Å²) in [6.07, 6.45) is 0.593. The van der Waals surface area contributed by atoms with E-state index in [-0.39, 0.29) is 12.3 Å². The molecule has 1 atom stereocenters. The molecule has 0 spiro atoms. The van der Waals surface area contributed by atoms with E-state index in [1.807, 2.05) is 42.5 Å². The summed E-state index contributed by atoms with van der Waals surface area (Å²) in [6.45, 7) is 1.43. The molecule has 0 saturated heterocycles. The lowest BCUT2D eigenvalue weighted by atomic mass is 9.99. The summed E-state index contributed by atoms with van der Waals surface area (Å²) in [7, 11) is 0. The Morgan fingerprint density at radius 3 is 2.61 bits per heavy atom. The molecule has 1 aliphatic rings. The van der Waals surface area contributed by atoms with Crippen LogP contribution in [0.3, 0.4) is 0 Å². The number of rotatable bonds is 5. The molecule has 0 fully saturated rings. The SMILES string of the molecule is O=C1NCCOCCOc2ccc(C(=O)N[C@@H](Cc3ccccc3)C(=O)O)cc2Cc2cccc1c2. The fraction of sp³-hybridized carbons (Fsp3) is 0.250. The minimum atomic E-state index is -1.11. The predicted molar refractivity (Wildman–Crippen MR) is 133 cm³/mol. The zero-order valence-electron chi connectivity index (χ0n) is 19.7. The Morgan fingerprint density at radius 1 is 0.972 bits per heavy atom. The third kappa shape index (κ3) is 6.70. The largest absolute Gasteiger partial charge is 0.491 e. The second-order valence-electron chi connectivity index (χ2n) is 8.47. The average molecular weight is 489 g/mol. The van der Waals surface area contributed by atoms with Gasteiger partial charge in [-0.3, -0.25) is 9.59 Å². The van der Waals surface area contributed by atoms with Crippen molar-refractivity contribution in [1.29, 1.82) is 0 Å². The van der Waals surface area contributed by atoms with E-state index in [2.05, 4.69) is 10.6 Å². The summed E-state index contributed by atoms with van der Waals surface area (Å²) >= 11 is 0. The van der Waals surface area contributed by atoms with E-state index >= 15 is 0 Å². The van der Waals surface area contributed by atoms with Crippen molar-refractivity contribution >= 4 is 17.8 Å². The van der Waals surface area contributed by atoms with Gasteiger partial charge in [0.25, 0.3) is 11.8 Å². The quantitative estimate of drug-likeness (QED) is 0.509. The fourth-order valence-electron chi connectivity index (χ4n) is 3.98. The molecule has 2 bridgehead atoms. The van der Waals surface area contributed by atoms with Crippen molar-refractivity contribution in [3.63, 3.8) is 0 Å². The number of benzene rings is 3. The third-order valence-electron chi connectivity index (χ3n) is 5.81. The second-order valence-corrected chi connectivity index (χ2v) is 8.47. The number of aliphatic carboxylic acids is 1. The zero-order valence-corrected chi connectivity index (χ0v) is 19.7. The van der Waals surface area contributed by atoms with Crippen molar-refractivity contribution in [3.8, 4) is 5.75 Å². The van der Waals surface area contributed by atoms with Crippen LogP contribution in [0.2, 0.25) is 0 Å². The molecule has 2 amide bonds. The smallest absolute Gasteiger partial charge is 0.326 e. The molecule has 8 heteroatoms. The number of fused-ring (bicyclic) bond motifs is 3. The molecule has 3 N–H and O–H groups in total. The highest BCUT2D eigenvalue weighted by atomic mass is 16.5. The highest BCUT2D eigenvalue weighted by molar-refractivity contribution is 5.97. The number of hydrogen-bond acceptors (Lipinski definition) is 5. The third-order valence-corrected chi connectivity index (χ3v) is 5.81. The van der Waals surface area contributed by atoms with Crippen LogP contribution < -0.4 is 15.4 Å². The van der Waals surface area contributed by atoms with Gasteiger partial charge in [0.1, 0.15) is 18.4 Å². The first-order valence-electron chi connectivity index (χ1n) is 11.8. The summed E-state index contributed by atoms with van der Waals surface area (Å²) in [5, 5.41) is 15.1. The highest BCUT2D eigenvalue weighted by Gasteiger charge is 2.22. The van der Waals surface area contributed by atoms with E-state index in [9.17, 15) is 19.5 Å². The zero-order chi connectivity index (χ0) is 25.3. The van der Waals surface area contributed by atoms with Crippen LogP contribution in [0.1, 0.15) is 37.4 Å². The first-order chi connectivity index (χ1) is 17.5. The molecule has 36 heavy (non-hydrogen) atoms. The number of carbonyl (C=O) groups excluding carboxylic acids is 2. The van der Waals surface area contributed by atoms with Crippen molar-refractivity contribution in [2.75, 3.05) is 26.4 Å². The van der Waals surface area contributed by atoms with Gasteiger partial charge in [-0.15, -0.1) is 0 Å². The van der Waals surface area contributed by atoms with Gasteiger partial charge in [0.05, 0.1) is 13.2 Å². The molecule has 186 valence electrons. The van der Waals surface area contributed by atoms with E-state index in [0.717, 1.165) is 16.7 Å². The Balaban J connectivity index is 1.58. The van der Waals surface area contributed by atoms with Crippen molar-refractivity contribution in [2.24, 2.45) is 0 Å². The minimum Gasteiger partial charge on any atom is -0.491 e. The van der Waals surface area contributed by atoms with Gasteiger partial charge in [-0.1, -0.05) is 42.5 Å². The molecular formula is C28H28N2O6. The van der Waals surface area contributed by atoms with E-state index < -0.39 is 17.9 Å². The van der Waals surface area contributed by atoms with Crippen LogP contribution in [0.5, 0.6) is 5.75 Å². The van der Waals surface area contributed by atoms with E-state index in [1.54, 1.807) is 30.3 Å². The number of carboxylic acid groups (broad SMARTS) is 1. The van der Waals surface area contributed by atoms with Crippen LogP contribution in [0, 0.1) is 0 Å². The molecule has 1 heterocycles. The lowest BCUT2D eigenvalue weighted by Crippen LogP contribution is -2.42. The first kappa shape index (κ1) is 24.9. The second kappa shape index (κ2) is 12.0.